The standard InChI is InChI=1S/C38H62O/c1-2-3-4-5-6-7-12-15-18-22-29-36-31-26-27-32-37(36)30-23-19-16-13-10-8-9-11-14-17-20-28-35-39-38-33-24-21-25-34-38/h21,24-27,31-34H,2-20,22-23,28-30,35H2,1H3. The van der Waals surface area contributed by atoms with Crippen LogP contribution >= 0.6 is 0 Å². The number of rotatable bonds is 27. The molecular weight excluding hydrogens is 472 g/mol. The summed E-state index contributed by atoms with van der Waals surface area (Å²) in [5, 5.41) is 0. The van der Waals surface area contributed by atoms with E-state index >= 15 is 0 Å². The van der Waals surface area contributed by atoms with Crippen LogP contribution in [0.25, 0.3) is 0 Å². The summed E-state index contributed by atoms with van der Waals surface area (Å²) >= 11 is 0. The summed E-state index contributed by atoms with van der Waals surface area (Å²) in [4.78, 5) is 0. The minimum Gasteiger partial charge on any atom is -0.494 e. The molecule has 0 heterocycles. The highest BCUT2D eigenvalue weighted by molar-refractivity contribution is 5.27. The maximum absolute atomic E-state index is 5.78. The van der Waals surface area contributed by atoms with E-state index in [4.69, 9.17) is 4.74 Å². The Hall–Kier alpha value is -1.76. The van der Waals surface area contributed by atoms with Gasteiger partial charge in [-0.3, -0.25) is 0 Å². The van der Waals surface area contributed by atoms with Gasteiger partial charge in [0, 0.05) is 0 Å². The topological polar surface area (TPSA) is 9.23 Å². The van der Waals surface area contributed by atoms with Crippen LogP contribution in [-0.2, 0) is 12.8 Å². The van der Waals surface area contributed by atoms with Crippen molar-refractivity contribution in [2.75, 3.05) is 6.61 Å². The summed E-state index contributed by atoms with van der Waals surface area (Å²) < 4.78 is 5.78. The Bertz CT molecular complexity index is 767. The summed E-state index contributed by atoms with van der Waals surface area (Å²) in [6.07, 6.45) is 33.3. The zero-order valence-electron chi connectivity index (χ0n) is 25.8. The average molecular weight is 535 g/mol. The molecule has 0 saturated carbocycles. The Labute approximate surface area is 243 Å². The van der Waals surface area contributed by atoms with Crippen LogP contribution in [0, 0.1) is 0 Å². The van der Waals surface area contributed by atoms with Crippen molar-refractivity contribution in [3.05, 3.63) is 65.7 Å². The Balaban J connectivity index is 1.35. The molecule has 0 spiro atoms. The molecule has 39 heavy (non-hydrogen) atoms. The van der Waals surface area contributed by atoms with E-state index in [1.54, 1.807) is 11.1 Å². The highest BCUT2D eigenvalue weighted by Crippen LogP contribution is 2.18. The van der Waals surface area contributed by atoms with E-state index in [0.29, 0.717) is 0 Å². The van der Waals surface area contributed by atoms with Gasteiger partial charge in [-0.1, -0.05) is 171 Å². The molecule has 2 aromatic rings. The van der Waals surface area contributed by atoms with Gasteiger partial charge in [-0.15, -0.1) is 0 Å². The van der Waals surface area contributed by atoms with Gasteiger partial charge in [-0.25, -0.2) is 0 Å². The van der Waals surface area contributed by atoms with Crippen LogP contribution in [0.4, 0.5) is 0 Å². The lowest BCUT2D eigenvalue weighted by Gasteiger charge is -2.10. The van der Waals surface area contributed by atoms with E-state index < -0.39 is 0 Å². The Morgan fingerprint density at radius 2 is 0.744 bits per heavy atom. The lowest BCUT2D eigenvalue weighted by Crippen LogP contribution is -1.96. The largest absolute Gasteiger partial charge is 0.494 e. The minimum absolute atomic E-state index is 0.856. The van der Waals surface area contributed by atoms with Crippen molar-refractivity contribution >= 4 is 0 Å². The molecule has 0 aliphatic rings. The molecule has 2 aromatic carbocycles. The molecule has 1 nitrogen and oxygen atoms in total. The predicted molar refractivity (Wildman–Crippen MR) is 173 cm³/mol. The molecular formula is C38H62O. The van der Waals surface area contributed by atoms with Crippen LogP contribution in [0.3, 0.4) is 0 Å². The van der Waals surface area contributed by atoms with Crippen molar-refractivity contribution in [3.63, 3.8) is 0 Å². The van der Waals surface area contributed by atoms with Gasteiger partial charge in [-0.2, -0.15) is 0 Å². The summed E-state index contributed by atoms with van der Waals surface area (Å²) in [5.41, 5.74) is 3.25. The molecule has 0 fully saturated rings. The zero-order valence-corrected chi connectivity index (χ0v) is 25.8. The summed E-state index contributed by atoms with van der Waals surface area (Å²) in [6, 6.07) is 19.5. The Kier molecular flexibility index (Phi) is 21.6. The van der Waals surface area contributed by atoms with Gasteiger partial charge in [0.25, 0.3) is 0 Å². The number of aryl methyl sites for hydroxylation is 2. The number of unbranched alkanes of at least 4 members (excludes halogenated alkanes) is 20. The molecule has 0 amide bonds. The Morgan fingerprint density at radius 3 is 1.18 bits per heavy atom. The normalized spacial score (nSPS) is 11.2. The molecule has 0 atom stereocenters. The first-order chi connectivity index (χ1) is 19.4. The minimum atomic E-state index is 0.856. The van der Waals surface area contributed by atoms with Crippen LogP contribution in [0.5, 0.6) is 5.75 Å². The second kappa shape index (κ2) is 25.2. The predicted octanol–water partition coefficient (Wildman–Crippen LogP) is 12.5. The molecule has 2 rings (SSSR count). The lowest BCUT2D eigenvalue weighted by atomic mass is 9.96. The Morgan fingerprint density at radius 1 is 0.385 bits per heavy atom. The molecule has 0 bridgehead atoms. The third-order valence-corrected chi connectivity index (χ3v) is 8.27. The van der Waals surface area contributed by atoms with Gasteiger partial charge < -0.3 is 4.74 Å². The second-order valence-electron chi connectivity index (χ2n) is 11.9. The van der Waals surface area contributed by atoms with Crippen LogP contribution in [-0.4, -0.2) is 6.61 Å². The molecule has 0 saturated heterocycles. The number of hydrogen-bond acceptors (Lipinski definition) is 1. The lowest BCUT2D eigenvalue weighted by molar-refractivity contribution is 0.304. The van der Waals surface area contributed by atoms with E-state index in [0.717, 1.165) is 12.4 Å². The average Bonchev–Trinajstić information content (AvgIpc) is 2.97. The van der Waals surface area contributed by atoms with Crippen molar-refractivity contribution in [1.29, 1.82) is 0 Å². The fraction of sp³-hybridized carbons (Fsp3) is 0.684. The number of ether oxygens (including phenoxy) is 1. The molecule has 0 unspecified atom stereocenters. The zero-order chi connectivity index (χ0) is 27.5. The van der Waals surface area contributed by atoms with Gasteiger partial charge in [0.05, 0.1) is 6.61 Å². The first-order valence-electron chi connectivity index (χ1n) is 17.1. The van der Waals surface area contributed by atoms with Crippen LogP contribution in [0.2, 0.25) is 0 Å². The van der Waals surface area contributed by atoms with E-state index in [1.165, 1.54) is 154 Å². The summed E-state index contributed by atoms with van der Waals surface area (Å²) in [5.74, 6) is 1.00. The fourth-order valence-corrected chi connectivity index (χ4v) is 5.74. The van der Waals surface area contributed by atoms with Crippen molar-refractivity contribution in [3.8, 4) is 5.75 Å². The van der Waals surface area contributed by atoms with Crippen molar-refractivity contribution in [1.82, 2.24) is 0 Å². The number of benzene rings is 2. The van der Waals surface area contributed by atoms with E-state index in [1.807, 2.05) is 30.3 Å². The van der Waals surface area contributed by atoms with Crippen LogP contribution in [0.1, 0.15) is 159 Å². The van der Waals surface area contributed by atoms with Crippen molar-refractivity contribution in [2.45, 2.75) is 161 Å². The van der Waals surface area contributed by atoms with E-state index in [9.17, 15) is 0 Å². The van der Waals surface area contributed by atoms with E-state index in [2.05, 4.69) is 31.2 Å². The number of para-hydroxylation sites is 1. The fourth-order valence-electron chi connectivity index (χ4n) is 5.74. The van der Waals surface area contributed by atoms with Gasteiger partial charge in [0.15, 0.2) is 0 Å². The van der Waals surface area contributed by atoms with Crippen molar-refractivity contribution < 1.29 is 4.74 Å². The maximum atomic E-state index is 5.78. The quantitative estimate of drug-likeness (QED) is 0.104. The first-order valence-corrected chi connectivity index (χ1v) is 17.1. The number of hydrogen-bond donors (Lipinski definition) is 0. The van der Waals surface area contributed by atoms with Crippen LogP contribution in [0.15, 0.2) is 54.6 Å². The third-order valence-electron chi connectivity index (χ3n) is 8.27. The van der Waals surface area contributed by atoms with Gasteiger partial charge in [0.2, 0.25) is 0 Å². The van der Waals surface area contributed by atoms with Gasteiger partial charge in [-0.05, 0) is 55.4 Å². The monoisotopic (exact) mass is 534 g/mol. The molecule has 0 aliphatic heterocycles. The highest BCUT2D eigenvalue weighted by Gasteiger charge is 2.03. The van der Waals surface area contributed by atoms with Gasteiger partial charge in [0.1, 0.15) is 5.75 Å². The molecule has 0 aromatic heterocycles. The second-order valence-corrected chi connectivity index (χ2v) is 11.9. The molecule has 0 aliphatic carbocycles. The maximum Gasteiger partial charge on any atom is 0.119 e. The first kappa shape index (κ1) is 33.4. The summed E-state index contributed by atoms with van der Waals surface area (Å²) in [6.45, 7) is 3.16. The van der Waals surface area contributed by atoms with Crippen molar-refractivity contribution in [2.24, 2.45) is 0 Å². The van der Waals surface area contributed by atoms with Crippen LogP contribution < -0.4 is 4.74 Å². The molecule has 1 heteroatoms. The molecule has 0 N–H and O–H groups in total. The van der Waals surface area contributed by atoms with E-state index in [-0.39, 0.29) is 0 Å². The smallest absolute Gasteiger partial charge is 0.119 e. The van der Waals surface area contributed by atoms with Gasteiger partial charge >= 0.3 is 0 Å². The SMILES string of the molecule is CCCCCCCCCCCCc1ccccc1CCCCCCCCCCCCCCOc1ccccc1. The third kappa shape index (κ3) is 19.0. The summed E-state index contributed by atoms with van der Waals surface area (Å²) in [7, 11) is 0. The molecule has 220 valence electrons. The highest BCUT2D eigenvalue weighted by atomic mass is 16.5. The molecule has 0 radical (unpaired) electrons.